The second kappa shape index (κ2) is 8.87. The molecule has 1 aromatic carbocycles. The van der Waals surface area contributed by atoms with E-state index in [9.17, 15) is 14.7 Å². The number of aromatic nitrogens is 1. The first kappa shape index (κ1) is 20.5. The molecule has 152 valence electrons. The Morgan fingerprint density at radius 3 is 2.62 bits per heavy atom. The van der Waals surface area contributed by atoms with Crippen molar-refractivity contribution in [2.24, 2.45) is 0 Å². The maximum Gasteiger partial charge on any atom is 0.295 e. The van der Waals surface area contributed by atoms with Crippen molar-refractivity contribution in [1.82, 2.24) is 9.88 Å². The zero-order valence-electron chi connectivity index (χ0n) is 16.7. The molecular formula is C22H24N2O5. The van der Waals surface area contributed by atoms with Crippen molar-refractivity contribution < 1.29 is 24.2 Å². The van der Waals surface area contributed by atoms with Crippen LogP contribution in [0, 0.1) is 6.92 Å². The van der Waals surface area contributed by atoms with Crippen LogP contribution < -0.4 is 4.74 Å². The van der Waals surface area contributed by atoms with Gasteiger partial charge in [0.05, 0.1) is 18.4 Å². The van der Waals surface area contributed by atoms with Crippen molar-refractivity contribution >= 4 is 17.4 Å². The molecule has 1 atom stereocenters. The zero-order valence-corrected chi connectivity index (χ0v) is 16.7. The number of aliphatic hydroxyl groups is 1. The first-order valence-electron chi connectivity index (χ1n) is 9.33. The number of carbonyl (C=O) groups is 2. The van der Waals surface area contributed by atoms with Crippen molar-refractivity contribution in [3.8, 4) is 5.75 Å². The Bertz CT molecular complexity index is 939. The van der Waals surface area contributed by atoms with E-state index in [0.717, 1.165) is 5.56 Å². The molecule has 1 aliphatic heterocycles. The summed E-state index contributed by atoms with van der Waals surface area (Å²) in [5.41, 5.74) is 1.77. The molecule has 1 saturated heterocycles. The highest BCUT2D eigenvalue weighted by Gasteiger charge is 2.46. The van der Waals surface area contributed by atoms with Gasteiger partial charge >= 0.3 is 0 Å². The van der Waals surface area contributed by atoms with E-state index in [1.54, 1.807) is 56.8 Å². The Morgan fingerprint density at radius 2 is 2.00 bits per heavy atom. The lowest BCUT2D eigenvalue weighted by atomic mass is 9.96. The second-order valence-electron chi connectivity index (χ2n) is 6.77. The summed E-state index contributed by atoms with van der Waals surface area (Å²) in [6.45, 7) is 2.58. The third-order valence-corrected chi connectivity index (χ3v) is 4.94. The molecule has 7 heteroatoms. The molecule has 1 fully saturated rings. The van der Waals surface area contributed by atoms with Crippen LogP contribution in [0.1, 0.15) is 29.3 Å². The second-order valence-corrected chi connectivity index (χ2v) is 6.77. The summed E-state index contributed by atoms with van der Waals surface area (Å²) >= 11 is 0. The van der Waals surface area contributed by atoms with Gasteiger partial charge in [0, 0.05) is 32.0 Å². The third kappa shape index (κ3) is 4.00. The minimum Gasteiger partial charge on any atom is -0.507 e. The number of nitrogens with zero attached hydrogens (tertiary/aromatic N) is 2. The van der Waals surface area contributed by atoms with Gasteiger partial charge in [-0.25, -0.2) is 0 Å². The van der Waals surface area contributed by atoms with Gasteiger partial charge in [0.1, 0.15) is 17.6 Å². The predicted octanol–water partition coefficient (Wildman–Crippen LogP) is 2.86. The summed E-state index contributed by atoms with van der Waals surface area (Å²) in [7, 11) is 3.14. The van der Waals surface area contributed by atoms with Gasteiger partial charge in [-0.15, -0.1) is 0 Å². The first-order valence-corrected chi connectivity index (χ1v) is 9.33. The Morgan fingerprint density at radius 1 is 1.21 bits per heavy atom. The van der Waals surface area contributed by atoms with Crippen LogP contribution in [0.3, 0.4) is 0 Å². The molecule has 1 unspecified atom stereocenters. The fraction of sp³-hybridized carbons (Fsp3) is 0.318. The highest BCUT2D eigenvalue weighted by atomic mass is 16.5. The molecule has 3 rings (SSSR count). The minimum absolute atomic E-state index is 0.0411. The minimum atomic E-state index is -0.755. The van der Waals surface area contributed by atoms with E-state index in [4.69, 9.17) is 9.47 Å². The maximum absolute atomic E-state index is 12.9. The van der Waals surface area contributed by atoms with Crippen LogP contribution in [-0.2, 0) is 14.3 Å². The average molecular weight is 396 g/mol. The Balaban J connectivity index is 2.12. The van der Waals surface area contributed by atoms with Gasteiger partial charge < -0.3 is 19.5 Å². The van der Waals surface area contributed by atoms with Gasteiger partial charge in [0.25, 0.3) is 11.7 Å². The quantitative estimate of drug-likeness (QED) is 0.335. The van der Waals surface area contributed by atoms with E-state index in [1.807, 2.05) is 6.92 Å². The number of carbonyl (C=O) groups excluding carboxylic acids is 2. The molecule has 2 aromatic rings. The standard InChI is InChI=1S/C22H24N2O5/c1-14-13-15(29-3)8-9-16(14)20(25)18-19(17-7-4-5-10-23-17)24(11-6-12-28-2)22(27)21(18)26/h4-5,7-10,13,19,25H,6,11-12H2,1-3H3/b20-18-. The fourth-order valence-electron chi connectivity index (χ4n) is 3.51. The summed E-state index contributed by atoms with van der Waals surface area (Å²) in [5.74, 6) is -0.941. The molecule has 1 aromatic heterocycles. The van der Waals surface area contributed by atoms with Crippen molar-refractivity contribution in [2.45, 2.75) is 19.4 Å². The van der Waals surface area contributed by atoms with Crippen LogP contribution in [0.4, 0.5) is 0 Å². The summed E-state index contributed by atoms with van der Waals surface area (Å²) in [6.07, 6.45) is 2.16. The molecule has 1 amide bonds. The van der Waals surface area contributed by atoms with E-state index in [-0.39, 0.29) is 11.3 Å². The Labute approximate surface area is 169 Å². The van der Waals surface area contributed by atoms with E-state index >= 15 is 0 Å². The topological polar surface area (TPSA) is 89.0 Å². The van der Waals surface area contributed by atoms with Gasteiger partial charge in [-0.2, -0.15) is 0 Å². The average Bonchev–Trinajstić information content (AvgIpc) is 2.99. The molecule has 0 aliphatic carbocycles. The van der Waals surface area contributed by atoms with E-state index in [1.165, 1.54) is 4.90 Å². The van der Waals surface area contributed by atoms with Gasteiger partial charge in [-0.05, 0) is 49.2 Å². The van der Waals surface area contributed by atoms with Crippen LogP contribution in [0.5, 0.6) is 5.75 Å². The number of Topliss-reactive ketones (excluding diaryl/α,β-unsaturated/α-hetero) is 1. The summed E-state index contributed by atoms with van der Waals surface area (Å²) in [5, 5.41) is 11.1. The number of amides is 1. The molecule has 0 saturated carbocycles. The molecule has 0 spiro atoms. The first-order chi connectivity index (χ1) is 14.0. The van der Waals surface area contributed by atoms with Crippen LogP contribution in [-0.4, -0.2) is 54.1 Å². The number of likely N-dealkylation sites (tertiary alicyclic amines) is 1. The van der Waals surface area contributed by atoms with Crippen LogP contribution in [0.25, 0.3) is 5.76 Å². The lowest BCUT2D eigenvalue weighted by Gasteiger charge is -2.24. The molecule has 1 N–H and O–H groups in total. The summed E-state index contributed by atoms with van der Waals surface area (Å²) in [6, 6.07) is 9.68. The number of methoxy groups -OCH3 is 2. The maximum atomic E-state index is 12.9. The van der Waals surface area contributed by atoms with Gasteiger partial charge in [-0.1, -0.05) is 6.07 Å². The normalized spacial score (nSPS) is 18.3. The molecule has 0 radical (unpaired) electrons. The number of hydrogen-bond acceptors (Lipinski definition) is 6. The summed E-state index contributed by atoms with van der Waals surface area (Å²) < 4.78 is 10.3. The Kier molecular flexibility index (Phi) is 6.29. The highest BCUT2D eigenvalue weighted by Crippen LogP contribution is 2.39. The number of aliphatic hydroxyl groups excluding tert-OH is 1. The molecular weight excluding hydrogens is 372 g/mol. The van der Waals surface area contributed by atoms with E-state index < -0.39 is 17.7 Å². The van der Waals surface area contributed by atoms with Gasteiger partial charge in [0.15, 0.2) is 0 Å². The number of rotatable bonds is 7. The van der Waals surface area contributed by atoms with Crippen molar-refractivity contribution in [3.63, 3.8) is 0 Å². The molecule has 7 nitrogen and oxygen atoms in total. The van der Waals surface area contributed by atoms with Crippen LogP contribution in [0.2, 0.25) is 0 Å². The SMILES string of the molecule is COCCCN1C(=O)C(=O)/C(=C(\O)c2ccc(OC)cc2C)C1c1ccccn1. The summed E-state index contributed by atoms with van der Waals surface area (Å²) in [4.78, 5) is 31.4. The molecule has 29 heavy (non-hydrogen) atoms. The zero-order chi connectivity index (χ0) is 21.0. The number of ketones is 1. The van der Waals surface area contributed by atoms with Crippen LogP contribution in [0.15, 0.2) is 48.2 Å². The highest BCUT2D eigenvalue weighted by molar-refractivity contribution is 6.46. The number of aryl methyl sites for hydroxylation is 1. The number of ether oxygens (including phenoxy) is 2. The predicted molar refractivity (Wildman–Crippen MR) is 107 cm³/mol. The monoisotopic (exact) mass is 396 g/mol. The lowest BCUT2D eigenvalue weighted by Crippen LogP contribution is -2.31. The van der Waals surface area contributed by atoms with Crippen molar-refractivity contribution in [3.05, 3.63) is 65.0 Å². The number of hydrogen-bond donors (Lipinski definition) is 1. The molecule has 1 aliphatic rings. The van der Waals surface area contributed by atoms with Crippen LogP contribution >= 0.6 is 0 Å². The van der Waals surface area contributed by atoms with Crippen molar-refractivity contribution in [1.29, 1.82) is 0 Å². The number of pyridine rings is 1. The van der Waals surface area contributed by atoms with Crippen molar-refractivity contribution in [2.75, 3.05) is 27.4 Å². The Hall–Kier alpha value is -3.19. The van der Waals surface area contributed by atoms with Gasteiger partial charge in [0.2, 0.25) is 0 Å². The lowest BCUT2D eigenvalue weighted by molar-refractivity contribution is -0.140. The van der Waals surface area contributed by atoms with E-state index in [0.29, 0.717) is 36.6 Å². The molecule has 2 heterocycles. The molecule has 0 bridgehead atoms. The van der Waals surface area contributed by atoms with E-state index in [2.05, 4.69) is 4.98 Å². The largest absolute Gasteiger partial charge is 0.507 e. The van der Waals surface area contributed by atoms with Gasteiger partial charge in [-0.3, -0.25) is 14.6 Å². The third-order valence-electron chi connectivity index (χ3n) is 4.94. The number of benzene rings is 1. The fourth-order valence-corrected chi connectivity index (χ4v) is 3.51. The smallest absolute Gasteiger partial charge is 0.295 e.